The number of halogens is 6. The number of carboxylic acids is 2. The average Bonchev–Trinajstić information content (AvgIpc) is 2.95. The SMILES string of the molecule is N#Cc1ccc(CCN[C@@H](c2ccccc2)[C@@H]2CNc3cccnc3N2)cc1.O=C(O)C(F)(F)F.O=C(O)C(F)(F)F. The Morgan fingerprint density at radius 2 is 1.52 bits per heavy atom. The van der Waals surface area contributed by atoms with Crippen LogP contribution >= 0.6 is 0 Å². The maximum Gasteiger partial charge on any atom is 0.490 e. The topological polar surface area (TPSA) is 147 Å². The molecule has 0 unspecified atom stereocenters. The van der Waals surface area contributed by atoms with Gasteiger partial charge in [0.05, 0.1) is 29.4 Å². The van der Waals surface area contributed by atoms with E-state index >= 15 is 0 Å². The van der Waals surface area contributed by atoms with E-state index in [0.717, 1.165) is 31.0 Å². The number of carboxylic acid groups (broad SMARTS) is 2. The number of rotatable bonds is 6. The minimum absolute atomic E-state index is 0.155. The fourth-order valence-electron chi connectivity index (χ4n) is 3.58. The lowest BCUT2D eigenvalue weighted by Crippen LogP contribution is -2.44. The second-order valence-corrected chi connectivity index (χ2v) is 8.54. The Balaban J connectivity index is 0.000000367. The van der Waals surface area contributed by atoms with Crippen molar-refractivity contribution in [2.75, 3.05) is 23.7 Å². The molecule has 0 spiro atoms. The number of anilines is 2. The van der Waals surface area contributed by atoms with Crippen molar-refractivity contribution in [1.82, 2.24) is 10.3 Å². The molecule has 2 heterocycles. The molecule has 42 heavy (non-hydrogen) atoms. The van der Waals surface area contributed by atoms with Crippen molar-refractivity contribution in [3.05, 3.63) is 89.6 Å². The normalized spacial score (nSPS) is 14.5. The third-order valence-electron chi connectivity index (χ3n) is 5.55. The largest absolute Gasteiger partial charge is 0.490 e. The molecule has 1 aliphatic rings. The van der Waals surface area contributed by atoms with Gasteiger partial charge in [-0.2, -0.15) is 31.6 Å². The molecule has 3 aromatic rings. The van der Waals surface area contributed by atoms with Crippen LogP contribution in [-0.4, -0.2) is 58.6 Å². The first-order chi connectivity index (χ1) is 19.7. The molecule has 224 valence electrons. The second kappa shape index (κ2) is 15.2. The van der Waals surface area contributed by atoms with E-state index < -0.39 is 24.3 Å². The number of hydrogen-bond acceptors (Lipinski definition) is 7. The third kappa shape index (κ3) is 11.0. The molecule has 9 nitrogen and oxygen atoms in total. The van der Waals surface area contributed by atoms with E-state index in [1.54, 1.807) is 0 Å². The van der Waals surface area contributed by atoms with Crippen LogP contribution in [0.1, 0.15) is 22.7 Å². The maximum absolute atomic E-state index is 10.6. The van der Waals surface area contributed by atoms with Crippen LogP contribution in [0.5, 0.6) is 0 Å². The Kier molecular flexibility index (Phi) is 12.1. The van der Waals surface area contributed by atoms with Gasteiger partial charge in [-0.1, -0.05) is 42.5 Å². The van der Waals surface area contributed by atoms with Crippen LogP contribution in [0.2, 0.25) is 0 Å². The number of benzene rings is 2. The maximum atomic E-state index is 10.6. The van der Waals surface area contributed by atoms with E-state index in [1.165, 1.54) is 11.1 Å². The van der Waals surface area contributed by atoms with Gasteiger partial charge in [-0.05, 0) is 48.4 Å². The van der Waals surface area contributed by atoms with Gasteiger partial charge in [-0.3, -0.25) is 0 Å². The standard InChI is InChI=1S/C23H23N5.2C2HF3O2/c24-15-18-10-8-17(9-11-18)12-14-25-22(19-5-2-1-3-6-19)21-16-27-20-7-4-13-26-23(20)28-21;2*3-2(4,5)1(6)7/h1-11,13,21-22,25,27H,12,14,16H2,(H,26,28);2*(H,6,7)/t21-,22-;;/m0../s1. The zero-order valence-corrected chi connectivity index (χ0v) is 21.6. The van der Waals surface area contributed by atoms with Gasteiger partial charge in [0.2, 0.25) is 0 Å². The molecule has 2 atom stereocenters. The van der Waals surface area contributed by atoms with Crippen molar-refractivity contribution in [2.24, 2.45) is 0 Å². The van der Waals surface area contributed by atoms with Gasteiger partial charge >= 0.3 is 24.3 Å². The molecule has 4 rings (SSSR count). The van der Waals surface area contributed by atoms with Crippen molar-refractivity contribution in [3.8, 4) is 6.07 Å². The van der Waals surface area contributed by atoms with Gasteiger partial charge < -0.3 is 26.2 Å². The quantitative estimate of drug-likeness (QED) is 0.248. The Morgan fingerprint density at radius 1 is 0.952 bits per heavy atom. The average molecular weight is 598 g/mol. The Hall–Kier alpha value is -4.84. The second-order valence-electron chi connectivity index (χ2n) is 8.54. The molecule has 0 fully saturated rings. The fraction of sp³-hybridized carbons (Fsp3) is 0.259. The molecule has 0 radical (unpaired) electrons. The predicted molar refractivity (Wildman–Crippen MR) is 140 cm³/mol. The van der Waals surface area contributed by atoms with Gasteiger partial charge in [0.15, 0.2) is 0 Å². The summed E-state index contributed by atoms with van der Waals surface area (Å²) in [6.45, 7) is 1.67. The van der Waals surface area contributed by atoms with E-state index in [9.17, 15) is 26.3 Å². The monoisotopic (exact) mass is 597 g/mol. The van der Waals surface area contributed by atoms with Crippen LogP contribution in [0.15, 0.2) is 72.9 Å². The summed E-state index contributed by atoms with van der Waals surface area (Å²) >= 11 is 0. The first-order valence-electron chi connectivity index (χ1n) is 12.1. The number of nitriles is 1. The number of nitrogens with one attached hydrogen (secondary N) is 3. The molecule has 0 saturated heterocycles. The lowest BCUT2D eigenvalue weighted by Gasteiger charge is -2.34. The molecule has 2 aromatic carbocycles. The van der Waals surface area contributed by atoms with E-state index in [0.29, 0.717) is 5.56 Å². The number of fused-ring (bicyclic) bond motifs is 1. The van der Waals surface area contributed by atoms with Crippen LogP contribution in [0.3, 0.4) is 0 Å². The lowest BCUT2D eigenvalue weighted by molar-refractivity contribution is -0.193. The first kappa shape index (κ1) is 33.4. The van der Waals surface area contributed by atoms with Crippen LogP contribution in [0.4, 0.5) is 37.8 Å². The van der Waals surface area contributed by atoms with Crippen molar-refractivity contribution in [1.29, 1.82) is 5.26 Å². The fourth-order valence-corrected chi connectivity index (χ4v) is 3.58. The zero-order valence-electron chi connectivity index (χ0n) is 21.6. The summed E-state index contributed by atoms with van der Waals surface area (Å²) < 4.78 is 63.5. The summed E-state index contributed by atoms with van der Waals surface area (Å²) in [5, 5.41) is 34.0. The van der Waals surface area contributed by atoms with Crippen LogP contribution in [0.25, 0.3) is 0 Å². The van der Waals surface area contributed by atoms with Gasteiger partial charge in [-0.15, -0.1) is 0 Å². The third-order valence-corrected chi connectivity index (χ3v) is 5.55. The summed E-state index contributed by atoms with van der Waals surface area (Å²) in [5.41, 5.74) is 4.21. The molecule has 0 amide bonds. The summed E-state index contributed by atoms with van der Waals surface area (Å²) in [6, 6.07) is 24.8. The molecule has 1 aromatic heterocycles. The highest BCUT2D eigenvalue weighted by Gasteiger charge is 2.38. The molecule has 0 bridgehead atoms. The number of pyridine rings is 1. The molecular formula is C27H25F6N5O4. The Bertz CT molecular complexity index is 1320. The minimum atomic E-state index is -5.08. The highest BCUT2D eigenvalue weighted by atomic mass is 19.4. The van der Waals surface area contributed by atoms with Crippen molar-refractivity contribution in [3.63, 3.8) is 0 Å². The predicted octanol–water partition coefficient (Wildman–Crippen LogP) is 5.00. The molecule has 1 aliphatic heterocycles. The Morgan fingerprint density at radius 3 is 2.05 bits per heavy atom. The molecule has 0 aliphatic carbocycles. The lowest BCUT2D eigenvalue weighted by atomic mass is 9.97. The summed E-state index contributed by atoms with van der Waals surface area (Å²) in [6.07, 6.45) is -7.45. The summed E-state index contributed by atoms with van der Waals surface area (Å²) in [7, 11) is 0. The summed E-state index contributed by atoms with van der Waals surface area (Å²) in [5.74, 6) is -4.62. The van der Waals surface area contributed by atoms with E-state index in [4.69, 9.17) is 25.1 Å². The van der Waals surface area contributed by atoms with Gasteiger partial charge in [0, 0.05) is 12.7 Å². The van der Waals surface area contributed by atoms with E-state index in [1.807, 2.05) is 48.7 Å². The Labute approximate surface area is 235 Å². The first-order valence-corrected chi connectivity index (χ1v) is 12.1. The zero-order chi connectivity index (χ0) is 31.3. The highest BCUT2D eigenvalue weighted by Crippen LogP contribution is 2.28. The smallest absolute Gasteiger partial charge is 0.475 e. The minimum Gasteiger partial charge on any atom is -0.475 e. The molecule has 15 heteroatoms. The molecule has 0 saturated carbocycles. The number of nitrogens with zero attached hydrogens (tertiary/aromatic N) is 2. The van der Waals surface area contributed by atoms with Crippen LogP contribution < -0.4 is 16.0 Å². The van der Waals surface area contributed by atoms with Gasteiger partial charge in [0.25, 0.3) is 0 Å². The van der Waals surface area contributed by atoms with Crippen molar-refractivity contribution < 1.29 is 46.1 Å². The summed E-state index contributed by atoms with van der Waals surface area (Å²) in [4.78, 5) is 22.3. The highest BCUT2D eigenvalue weighted by molar-refractivity contribution is 5.73. The molecule has 5 N–H and O–H groups in total. The van der Waals surface area contributed by atoms with Gasteiger partial charge in [0.1, 0.15) is 5.82 Å². The van der Waals surface area contributed by atoms with E-state index in [2.05, 4.69) is 51.3 Å². The number of hydrogen-bond donors (Lipinski definition) is 5. The van der Waals surface area contributed by atoms with Crippen molar-refractivity contribution in [2.45, 2.75) is 30.9 Å². The van der Waals surface area contributed by atoms with Crippen LogP contribution in [0, 0.1) is 11.3 Å². The number of aliphatic carboxylic acids is 2. The molecular weight excluding hydrogens is 572 g/mol. The van der Waals surface area contributed by atoms with Gasteiger partial charge in [-0.25, -0.2) is 14.6 Å². The number of aromatic nitrogens is 1. The van der Waals surface area contributed by atoms with Crippen molar-refractivity contribution >= 4 is 23.4 Å². The number of carbonyl (C=O) groups is 2. The van der Waals surface area contributed by atoms with Crippen LogP contribution in [-0.2, 0) is 16.0 Å². The number of alkyl halides is 6. The van der Waals surface area contributed by atoms with E-state index in [-0.39, 0.29) is 12.1 Å².